The van der Waals surface area contributed by atoms with Crippen molar-refractivity contribution in [1.82, 2.24) is 0 Å². The minimum atomic E-state index is -1.12. The summed E-state index contributed by atoms with van der Waals surface area (Å²) in [4.78, 5) is 2.89. The van der Waals surface area contributed by atoms with Crippen LogP contribution in [0.1, 0.15) is 0 Å². The van der Waals surface area contributed by atoms with Gasteiger partial charge in [0.2, 0.25) is 0 Å². The third-order valence-corrected chi connectivity index (χ3v) is 26.7. The third kappa shape index (κ3) is 9.36. The van der Waals surface area contributed by atoms with Crippen molar-refractivity contribution in [1.29, 1.82) is 0 Å². The van der Waals surface area contributed by atoms with E-state index < -0.39 is 29.6 Å². The number of hydrogen-bond acceptors (Lipinski definition) is 0. The topological polar surface area (TPSA) is 0 Å². The van der Waals surface area contributed by atoms with E-state index in [2.05, 4.69) is 39.3 Å². The van der Waals surface area contributed by atoms with Crippen LogP contribution in [0.25, 0.3) is 0 Å². The van der Waals surface area contributed by atoms with Crippen molar-refractivity contribution in [3.05, 3.63) is 0 Å². The van der Waals surface area contributed by atoms with Gasteiger partial charge < -0.3 is 0 Å². The van der Waals surface area contributed by atoms with Crippen LogP contribution in [-0.2, 0) is 0 Å². The van der Waals surface area contributed by atoms with Crippen LogP contribution in [0, 0.1) is 0 Å². The van der Waals surface area contributed by atoms with E-state index in [1.807, 2.05) is 0 Å². The molecule has 0 spiro atoms. The molecule has 4 heteroatoms. The molecule has 0 saturated carbocycles. The van der Waals surface area contributed by atoms with E-state index >= 15 is 0 Å². The Kier molecular flexibility index (Phi) is 5.16. The molecule has 12 heavy (non-hydrogen) atoms. The fourth-order valence-corrected chi connectivity index (χ4v) is 33.4. The van der Waals surface area contributed by atoms with E-state index in [0.29, 0.717) is 0 Å². The molecular weight excluding hydrogens is 260 g/mol. The Morgan fingerprint density at radius 3 is 1.25 bits per heavy atom. The fourth-order valence-electron chi connectivity index (χ4n) is 1.21. The van der Waals surface area contributed by atoms with E-state index in [0.717, 1.165) is 0 Å². The first-order chi connectivity index (χ1) is 5.10. The van der Waals surface area contributed by atoms with E-state index in [1.54, 1.807) is 0 Å². The van der Waals surface area contributed by atoms with Gasteiger partial charge in [-0.15, -0.1) is 0 Å². The zero-order valence-electron chi connectivity index (χ0n) is 9.29. The van der Waals surface area contributed by atoms with Crippen LogP contribution in [-0.4, -0.2) is 29.6 Å². The Bertz CT molecular complexity index is 121. The van der Waals surface area contributed by atoms with Crippen LogP contribution in [0.15, 0.2) is 0 Å². The first-order valence-electron chi connectivity index (χ1n) is 4.60. The molecule has 1 radical (unpaired) electrons. The molecule has 0 aliphatic rings. The van der Waals surface area contributed by atoms with E-state index in [1.165, 1.54) is 9.75 Å². The summed E-state index contributed by atoms with van der Waals surface area (Å²) in [6, 6.07) is 0. The Balaban J connectivity index is 3.83. The summed E-state index contributed by atoms with van der Waals surface area (Å²) < 4.78 is 0. The van der Waals surface area contributed by atoms with Gasteiger partial charge in [0.25, 0.3) is 0 Å². The second kappa shape index (κ2) is 4.67. The summed E-state index contributed by atoms with van der Waals surface area (Å²) in [6.45, 7) is 14.6. The third-order valence-electron chi connectivity index (χ3n) is 1.44. The predicted molar refractivity (Wildman–Crippen MR) is 67.9 cm³/mol. The van der Waals surface area contributed by atoms with Gasteiger partial charge in [0.15, 0.2) is 0 Å². The molecule has 0 rings (SSSR count). The molecule has 0 unspecified atom stereocenters. The molecule has 0 N–H and O–H groups in total. The predicted octanol–water partition coefficient (Wildman–Crippen LogP) is 3.97. The Morgan fingerprint density at radius 1 is 0.833 bits per heavy atom. The first kappa shape index (κ1) is 13.3. The van der Waals surface area contributed by atoms with Crippen LogP contribution in [0.4, 0.5) is 0 Å². The Hall–Kier alpha value is 1.27. The van der Waals surface area contributed by atoms with Crippen LogP contribution in [0.3, 0.4) is 0 Å². The van der Waals surface area contributed by atoms with Gasteiger partial charge in [-0.2, -0.15) is 0 Å². The van der Waals surface area contributed by atoms with Gasteiger partial charge in [-0.05, 0) is 0 Å². The maximum absolute atomic E-state index is 6.49. The molecule has 0 aromatic rings. The number of rotatable bonds is 4. The second-order valence-electron chi connectivity index (χ2n) is 5.99. The molecule has 0 aliphatic heterocycles. The van der Waals surface area contributed by atoms with Crippen molar-refractivity contribution in [2.75, 3.05) is 0 Å². The Morgan fingerprint density at radius 2 is 1.08 bits per heavy atom. The summed E-state index contributed by atoms with van der Waals surface area (Å²) >= 11 is -1.12. The monoisotopic (exact) mass is 283 g/mol. The van der Waals surface area contributed by atoms with Crippen molar-refractivity contribution >= 4 is 39.6 Å². The number of halogens is 1. The van der Waals surface area contributed by atoms with Crippen molar-refractivity contribution < 1.29 is 0 Å². The number of hydrogen-bond donors (Lipinski definition) is 0. The molecule has 73 valence electrons. The van der Waals surface area contributed by atoms with Gasteiger partial charge in [-0.1, -0.05) is 0 Å². The fraction of sp³-hybridized carbons (Fsp3) is 1.00. The first-order valence-corrected chi connectivity index (χ1v) is 17.7. The molecule has 0 aromatic carbocycles. The molecule has 0 bridgehead atoms. The van der Waals surface area contributed by atoms with Gasteiger partial charge in [-0.25, -0.2) is 0 Å². The summed E-state index contributed by atoms with van der Waals surface area (Å²) in [7, 11) is 4.77. The summed E-state index contributed by atoms with van der Waals surface area (Å²) in [6.07, 6.45) is 0. The SMILES string of the molecule is C[Si](C)(C)[CH2][Ge]([Cl])[CH2][Si](C)(C)C. The van der Waals surface area contributed by atoms with Crippen LogP contribution < -0.4 is 0 Å². The molecular formula is C8H22ClGeSi2. The minimum absolute atomic E-state index is 0.856. The molecule has 0 atom stereocenters. The average Bonchev–Trinajstić information content (AvgIpc) is 1.49. The van der Waals surface area contributed by atoms with Crippen LogP contribution in [0.5, 0.6) is 0 Å². The van der Waals surface area contributed by atoms with Gasteiger partial charge >= 0.3 is 88.6 Å². The van der Waals surface area contributed by atoms with Gasteiger partial charge in [-0.3, -0.25) is 0 Å². The van der Waals surface area contributed by atoms with E-state index in [4.69, 9.17) is 10.0 Å². The standard InChI is InChI=1S/C8H22ClGeSi2/c1-11(2,3)7-10(9)8-12(4,5)6/h7-8H2,1-6H3. The molecule has 0 nitrogen and oxygen atoms in total. The molecule has 0 saturated heterocycles. The van der Waals surface area contributed by atoms with Crippen molar-refractivity contribution in [3.8, 4) is 0 Å². The Labute approximate surface area is 88.4 Å². The molecule has 0 aromatic heterocycles. The van der Waals surface area contributed by atoms with Gasteiger partial charge in [0.1, 0.15) is 0 Å². The van der Waals surface area contributed by atoms with E-state index in [9.17, 15) is 0 Å². The van der Waals surface area contributed by atoms with Crippen LogP contribution in [0.2, 0.25) is 49.0 Å². The van der Waals surface area contributed by atoms with Crippen molar-refractivity contribution in [3.63, 3.8) is 0 Å². The molecule has 0 fully saturated rings. The molecule has 0 heterocycles. The second-order valence-corrected chi connectivity index (χ2v) is 26.3. The van der Waals surface area contributed by atoms with Gasteiger partial charge in [0, 0.05) is 0 Å². The van der Waals surface area contributed by atoms with Crippen molar-refractivity contribution in [2.45, 2.75) is 49.0 Å². The summed E-state index contributed by atoms with van der Waals surface area (Å²) in [5.74, 6) is 0. The zero-order valence-corrected chi connectivity index (χ0v) is 14.1. The van der Waals surface area contributed by atoms with Gasteiger partial charge in [0.05, 0.1) is 0 Å². The zero-order chi connectivity index (χ0) is 9.99. The molecule has 0 amide bonds. The molecule has 0 aliphatic carbocycles. The van der Waals surface area contributed by atoms with Crippen molar-refractivity contribution in [2.24, 2.45) is 0 Å². The normalized spacial score (nSPS) is 14.0. The summed E-state index contributed by atoms with van der Waals surface area (Å²) in [5.41, 5.74) is 0. The maximum atomic E-state index is 6.49. The quantitative estimate of drug-likeness (QED) is 0.684. The summed E-state index contributed by atoms with van der Waals surface area (Å²) in [5, 5.41) is 0. The van der Waals surface area contributed by atoms with E-state index in [-0.39, 0.29) is 0 Å². The average molecular weight is 282 g/mol. The van der Waals surface area contributed by atoms with Crippen LogP contribution >= 0.6 is 10.0 Å².